The SMILES string of the molecule is CC(C)(CCN)C(O)=[SH]Cc1ccc(C(=O)NCCN)cc1. The molecule has 0 saturated carbocycles. The van der Waals surface area contributed by atoms with Gasteiger partial charge in [0, 0.05) is 29.8 Å². The van der Waals surface area contributed by atoms with E-state index in [1.54, 1.807) is 12.1 Å². The number of rotatable bonds is 8. The van der Waals surface area contributed by atoms with E-state index < -0.39 is 0 Å². The number of amides is 1. The minimum Gasteiger partial charge on any atom is -0.359 e. The Kier molecular flexibility index (Phi) is 7.75. The number of nitrogens with one attached hydrogen (secondary N) is 1. The van der Waals surface area contributed by atoms with Crippen LogP contribution in [0, 0.1) is 5.41 Å². The van der Waals surface area contributed by atoms with E-state index in [1.807, 2.05) is 26.0 Å². The topological polar surface area (TPSA) is 101 Å². The maximum absolute atomic E-state index is 11.8. The second-order valence-corrected chi connectivity index (χ2v) is 6.86. The van der Waals surface area contributed by atoms with Crippen LogP contribution in [0.1, 0.15) is 36.2 Å². The smallest absolute Gasteiger partial charge is 0.251 e. The Morgan fingerprint density at radius 3 is 2.41 bits per heavy atom. The number of nitrogens with two attached hydrogens (primary N) is 2. The summed E-state index contributed by atoms with van der Waals surface area (Å²) in [4.78, 5) is 11.8. The molecule has 0 fully saturated rings. The molecule has 0 radical (unpaired) electrons. The third-order valence-corrected chi connectivity index (χ3v) is 4.86. The van der Waals surface area contributed by atoms with Crippen LogP contribution in [-0.4, -0.2) is 35.7 Å². The van der Waals surface area contributed by atoms with Crippen LogP contribution in [0.3, 0.4) is 0 Å². The van der Waals surface area contributed by atoms with E-state index in [4.69, 9.17) is 11.5 Å². The minimum absolute atomic E-state index is 0.118. The molecular weight excluding hydrogens is 298 g/mol. The molecule has 0 aliphatic rings. The summed E-state index contributed by atoms with van der Waals surface area (Å²) in [6.07, 6.45) is 0.756. The summed E-state index contributed by atoms with van der Waals surface area (Å²) in [5.74, 6) is 0.595. The molecule has 0 heterocycles. The molecule has 1 aromatic carbocycles. The van der Waals surface area contributed by atoms with Crippen LogP contribution in [-0.2, 0) is 5.75 Å². The third kappa shape index (κ3) is 5.88. The van der Waals surface area contributed by atoms with Crippen molar-refractivity contribution in [3.8, 4) is 0 Å². The molecule has 0 aliphatic carbocycles. The van der Waals surface area contributed by atoms with Gasteiger partial charge < -0.3 is 21.9 Å². The van der Waals surface area contributed by atoms with Gasteiger partial charge in [0.2, 0.25) is 0 Å². The first-order chi connectivity index (χ1) is 10.4. The number of carbonyl (C=O) groups excluding carboxylic acids is 1. The van der Waals surface area contributed by atoms with Gasteiger partial charge in [-0.2, -0.15) is 11.4 Å². The summed E-state index contributed by atoms with van der Waals surface area (Å²) in [5.41, 5.74) is 12.3. The maximum atomic E-state index is 11.8. The molecule has 0 aromatic heterocycles. The first-order valence-electron chi connectivity index (χ1n) is 7.42. The van der Waals surface area contributed by atoms with Crippen molar-refractivity contribution in [2.45, 2.75) is 26.0 Å². The normalized spacial score (nSPS) is 12.7. The van der Waals surface area contributed by atoms with Crippen molar-refractivity contribution in [2.24, 2.45) is 16.9 Å². The van der Waals surface area contributed by atoms with Gasteiger partial charge in [0.1, 0.15) is 0 Å². The fraction of sp³-hybridized carbons (Fsp3) is 0.500. The van der Waals surface area contributed by atoms with Crippen molar-refractivity contribution in [1.82, 2.24) is 5.32 Å². The molecule has 0 bridgehead atoms. The molecule has 22 heavy (non-hydrogen) atoms. The summed E-state index contributed by atoms with van der Waals surface area (Å²) in [5, 5.41) is 13.4. The van der Waals surface area contributed by atoms with Gasteiger partial charge in [-0.15, -0.1) is 0 Å². The zero-order valence-corrected chi connectivity index (χ0v) is 14.2. The first-order valence-corrected chi connectivity index (χ1v) is 8.50. The van der Waals surface area contributed by atoms with Gasteiger partial charge in [-0.05, 0) is 30.7 Å². The van der Waals surface area contributed by atoms with Crippen molar-refractivity contribution in [3.05, 3.63) is 35.4 Å². The number of thiol groups is 1. The summed E-state index contributed by atoms with van der Waals surface area (Å²) in [6.45, 7) is 5.44. The molecule has 0 atom stereocenters. The van der Waals surface area contributed by atoms with Crippen molar-refractivity contribution in [1.29, 1.82) is 0 Å². The summed E-state index contributed by atoms with van der Waals surface area (Å²) >= 11 is 0.870. The number of aliphatic hydroxyl groups is 1. The zero-order valence-electron chi connectivity index (χ0n) is 13.3. The highest BCUT2D eigenvalue weighted by Crippen LogP contribution is 2.24. The predicted molar refractivity (Wildman–Crippen MR) is 95.6 cm³/mol. The van der Waals surface area contributed by atoms with Gasteiger partial charge in [0.15, 0.2) is 0 Å². The van der Waals surface area contributed by atoms with E-state index in [-0.39, 0.29) is 11.3 Å². The Balaban J connectivity index is 2.66. The highest BCUT2D eigenvalue weighted by Gasteiger charge is 2.20. The van der Waals surface area contributed by atoms with Crippen molar-refractivity contribution >= 4 is 22.3 Å². The molecular formula is C16H27N3O2S. The molecule has 1 aromatic rings. The highest BCUT2D eigenvalue weighted by atomic mass is 32.1. The Bertz CT molecular complexity index is 513. The van der Waals surface area contributed by atoms with Crippen molar-refractivity contribution < 1.29 is 9.90 Å². The van der Waals surface area contributed by atoms with E-state index in [0.717, 1.165) is 23.3 Å². The molecule has 0 aliphatic heterocycles. The molecule has 0 spiro atoms. The van der Waals surface area contributed by atoms with Gasteiger partial charge in [-0.1, -0.05) is 26.0 Å². The van der Waals surface area contributed by atoms with Gasteiger partial charge in [-0.3, -0.25) is 4.79 Å². The number of benzene rings is 1. The lowest BCUT2D eigenvalue weighted by Crippen LogP contribution is -2.28. The van der Waals surface area contributed by atoms with Gasteiger partial charge in [0.05, 0.1) is 5.05 Å². The summed E-state index contributed by atoms with van der Waals surface area (Å²) in [6, 6.07) is 7.40. The second kappa shape index (κ2) is 9.05. The van der Waals surface area contributed by atoms with Crippen molar-refractivity contribution in [3.63, 3.8) is 0 Å². The Hall–Kier alpha value is -1.21. The average Bonchev–Trinajstić information content (AvgIpc) is 2.50. The molecule has 0 saturated heterocycles. The van der Waals surface area contributed by atoms with E-state index in [9.17, 15) is 9.90 Å². The highest BCUT2D eigenvalue weighted by molar-refractivity contribution is 7.97. The Morgan fingerprint density at radius 1 is 1.23 bits per heavy atom. The molecule has 124 valence electrons. The molecule has 1 rings (SSSR count). The monoisotopic (exact) mass is 325 g/mol. The Labute approximate surface area is 136 Å². The van der Waals surface area contributed by atoms with Gasteiger partial charge >= 0.3 is 0 Å². The fourth-order valence-corrected chi connectivity index (χ4v) is 2.99. The van der Waals surface area contributed by atoms with Crippen LogP contribution in [0.2, 0.25) is 0 Å². The largest absolute Gasteiger partial charge is 0.359 e. The van der Waals surface area contributed by atoms with Crippen molar-refractivity contribution in [2.75, 3.05) is 19.6 Å². The van der Waals surface area contributed by atoms with Crippen LogP contribution in [0.25, 0.3) is 0 Å². The number of carbonyl (C=O) groups is 1. The van der Waals surface area contributed by atoms with Crippen LogP contribution < -0.4 is 16.8 Å². The number of hydrogen-bond acceptors (Lipinski definition) is 3. The van der Waals surface area contributed by atoms with Gasteiger partial charge in [0.25, 0.3) is 5.91 Å². The number of aliphatic hydroxyl groups excluding tert-OH is 1. The molecule has 6 N–H and O–H groups in total. The lowest BCUT2D eigenvalue weighted by molar-refractivity contribution is 0.0955. The van der Waals surface area contributed by atoms with Crippen LogP contribution >= 0.6 is 11.4 Å². The zero-order chi connectivity index (χ0) is 16.6. The third-order valence-electron chi connectivity index (χ3n) is 3.43. The second-order valence-electron chi connectivity index (χ2n) is 5.80. The average molecular weight is 325 g/mol. The molecule has 6 heteroatoms. The van der Waals surface area contributed by atoms with Crippen LogP contribution in [0.15, 0.2) is 24.3 Å². The van der Waals surface area contributed by atoms with E-state index in [2.05, 4.69) is 5.32 Å². The first kappa shape index (κ1) is 18.8. The molecule has 1 amide bonds. The lowest BCUT2D eigenvalue weighted by atomic mass is 9.91. The van der Waals surface area contributed by atoms with E-state index in [0.29, 0.717) is 36.0 Å². The lowest BCUT2D eigenvalue weighted by Gasteiger charge is -2.23. The standard InChI is InChI=1S/C16H27N3O2S/c1-16(2,7-8-17)15(21)22-11-12-3-5-13(6-4-12)14(20)19-10-9-18/h3-6,21-22H,7-11,17-18H2,1-2H3,(H,19,20). The minimum atomic E-state index is -0.266. The fourth-order valence-electron chi connectivity index (χ4n) is 1.90. The molecule has 5 nitrogen and oxygen atoms in total. The number of hydrogen-bond donors (Lipinski definition) is 5. The quantitative estimate of drug-likeness (QED) is 0.368. The van der Waals surface area contributed by atoms with Gasteiger partial charge in [-0.25, -0.2) is 0 Å². The predicted octanol–water partition coefficient (Wildman–Crippen LogP) is 1.40. The maximum Gasteiger partial charge on any atom is 0.251 e. The summed E-state index contributed by atoms with van der Waals surface area (Å²) in [7, 11) is 0. The summed E-state index contributed by atoms with van der Waals surface area (Å²) < 4.78 is 0. The Morgan fingerprint density at radius 2 is 1.86 bits per heavy atom. The molecule has 0 unspecified atom stereocenters. The van der Waals surface area contributed by atoms with E-state index in [1.165, 1.54) is 0 Å². The van der Waals surface area contributed by atoms with E-state index >= 15 is 0 Å². The van der Waals surface area contributed by atoms with Crippen LogP contribution in [0.4, 0.5) is 0 Å². The van der Waals surface area contributed by atoms with Crippen LogP contribution in [0.5, 0.6) is 0 Å².